The minimum absolute atomic E-state index is 0.00132. The molecule has 0 saturated heterocycles. The molecule has 1 aromatic carbocycles. The molecule has 20 heavy (non-hydrogen) atoms. The van der Waals surface area contributed by atoms with Gasteiger partial charge in [0.2, 0.25) is 0 Å². The van der Waals surface area contributed by atoms with Gasteiger partial charge >= 0.3 is 12.1 Å². The Hall–Kier alpha value is -1.43. The molecule has 7 heteroatoms. The quantitative estimate of drug-likeness (QED) is 0.922. The van der Waals surface area contributed by atoms with E-state index in [-0.39, 0.29) is 29.2 Å². The molecule has 0 amide bonds. The van der Waals surface area contributed by atoms with E-state index in [1.807, 2.05) is 0 Å². The van der Waals surface area contributed by atoms with Crippen LogP contribution in [0.15, 0.2) is 12.1 Å². The van der Waals surface area contributed by atoms with E-state index in [1.165, 1.54) is 7.11 Å². The van der Waals surface area contributed by atoms with Crippen molar-refractivity contribution in [1.29, 1.82) is 0 Å². The van der Waals surface area contributed by atoms with Crippen LogP contribution in [0.5, 0.6) is 5.75 Å². The lowest BCUT2D eigenvalue weighted by molar-refractivity contribution is -0.148. The smallest absolute Gasteiger partial charge is 0.416 e. The molecule has 110 valence electrons. The molecule has 0 aromatic heterocycles. The van der Waals surface area contributed by atoms with Gasteiger partial charge < -0.3 is 9.84 Å². The number of benzene rings is 1. The average Bonchev–Trinajstić information content (AvgIpc) is 2.25. The van der Waals surface area contributed by atoms with Crippen LogP contribution in [-0.2, 0) is 16.4 Å². The molecule has 1 aliphatic carbocycles. The zero-order chi connectivity index (χ0) is 15.1. The van der Waals surface area contributed by atoms with E-state index in [0.717, 1.165) is 12.1 Å². The number of rotatable bonds is 3. The number of carboxylic acids is 1. The van der Waals surface area contributed by atoms with Crippen LogP contribution < -0.4 is 4.74 Å². The maximum atomic E-state index is 12.8. The van der Waals surface area contributed by atoms with Gasteiger partial charge in [-0.15, -0.1) is 0 Å². The molecule has 0 spiro atoms. The Morgan fingerprint density at radius 1 is 1.40 bits per heavy atom. The third kappa shape index (κ3) is 2.22. The highest BCUT2D eigenvalue weighted by molar-refractivity contribution is 6.32. The lowest BCUT2D eigenvalue weighted by Crippen LogP contribution is -2.42. The van der Waals surface area contributed by atoms with Gasteiger partial charge in [0.05, 0.1) is 23.1 Å². The molecule has 1 fully saturated rings. The maximum absolute atomic E-state index is 12.8. The van der Waals surface area contributed by atoms with E-state index in [1.54, 1.807) is 0 Å². The summed E-state index contributed by atoms with van der Waals surface area (Å²) in [5.41, 5.74) is -2.31. The highest BCUT2D eigenvalue weighted by Gasteiger charge is 2.49. The van der Waals surface area contributed by atoms with Crippen LogP contribution in [-0.4, -0.2) is 18.2 Å². The molecule has 1 N–H and O–H groups in total. The van der Waals surface area contributed by atoms with E-state index >= 15 is 0 Å². The van der Waals surface area contributed by atoms with Gasteiger partial charge in [0, 0.05) is 5.56 Å². The van der Waals surface area contributed by atoms with E-state index in [2.05, 4.69) is 0 Å². The van der Waals surface area contributed by atoms with Crippen molar-refractivity contribution in [3.05, 3.63) is 28.3 Å². The predicted octanol–water partition coefficient (Wildman–Crippen LogP) is 3.87. The molecule has 1 aromatic rings. The first-order valence-corrected chi connectivity index (χ1v) is 6.29. The molecule has 3 nitrogen and oxygen atoms in total. The number of aliphatic carboxylic acids is 1. The Labute approximate surface area is 118 Å². The van der Waals surface area contributed by atoms with Crippen molar-refractivity contribution >= 4 is 17.6 Å². The van der Waals surface area contributed by atoms with Crippen molar-refractivity contribution in [3.8, 4) is 5.75 Å². The van der Waals surface area contributed by atoms with Crippen LogP contribution in [0.3, 0.4) is 0 Å². The standard InChI is InChI=1S/C13H12ClF3O3/c1-20-10-8(12(11(18)19)3-2-4-12)5-7(6-9(10)14)13(15,16)17/h5-6H,2-4H2,1H3,(H,18,19). The predicted molar refractivity (Wildman–Crippen MR) is 66.2 cm³/mol. The van der Waals surface area contributed by atoms with Gasteiger partial charge in [0.25, 0.3) is 0 Å². The molecule has 0 aliphatic heterocycles. The number of ether oxygens (including phenoxy) is 1. The van der Waals surface area contributed by atoms with Gasteiger partial charge in [0.1, 0.15) is 5.75 Å². The zero-order valence-corrected chi connectivity index (χ0v) is 11.3. The first-order chi connectivity index (χ1) is 9.22. The Kier molecular flexibility index (Phi) is 3.62. The molecule has 0 radical (unpaired) electrons. The SMILES string of the molecule is COc1c(Cl)cc(C(F)(F)F)cc1C1(C(=O)O)CCC1. The van der Waals surface area contributed by atoms with Crippen molar-refractivity contribution in [2.75, 3.05) is 7.11 Å². The Morgan fingerprint density at radius 3 is 2.35 bits per heavy atom. The Balaban J connectivity index is 2.67. The van der Waals surface area contributed by atoms with Gasteiger partial charge in [-0.3, -0.25) is 4.79 Å². The van der Waals surface area contributed by atoms with Gasteiger partial charge in [-0.25, -0.2) is 0 Å². The fraction of sp³-hybridized carbons (Fsp3) is 0.462. The first-order valence-electron chi connectivity index (χ1n) is 5.91. The molecule has 1 saturated carbocycles. The minimum Gasteiger partial charge on any atom is -0.495 e. The molecule has 0 heterocycles. The summed E-state index contributed by atoms with van der Waals surface area (Å²) in [7, 11) is 1.26. The van der Waals surface area contributed by atoms with Crippen molar-refractivity contribution in [2.45, 2.75) is 30.9 Å². The lowest BCUT2D eigenvalue weighted by Gasteiger charge is -2.39. The number of methoxy groups -OCH3 is 1. The van der Waals surface area contributed by atoms with Gasteiger partial charge in [-0.2, -0.15) is 13.2 Å². The summed E-state index contributed by atoms with van der Waals surface area (Å²) >= 11 is 5.81. The highest BCUT2D eigenvalue weighted by atomic mass is 35.5. The number of hydrogen-bond acceptors (Lipinski definition) is 2. The minimum atomic E-state index is -4.59. The van der Waals surface area contributed by atoms with E-state index in [4.69, 9.17) is 16.3 Å². The van der Waals surface area contributed by atoms with Crippen molar-refractivity contribution in [2.24, 2.45) is 0 Å². The molecule has 0 unspecified atom stereocenters. The van der Waals surface area contributed by atoms with Crippen LogP contribution in [0.1, 0.15) is 30.4 Å². The normalized spacial score (nSPS) is 17.4. The molecule has 0 atom stereocenters. The van der Waals surface area contributed by atoms with Crippen LogP contribution in [0.25, 0.3) is 0 Å². The summed E-state index contributed by atoms with van der Waals surface area (Å²) in [6.45, 7) is 0. The second kappa shape index (κ2) is 4.84. The third-order valence-corrected chi connectivity index (χ3v) is 3.99. The van der Waals surface area contributed by atoms with Crippen LogP contribution in [0, 0.1) is 0 Å². The summed E-state index contributed by atoms with van der Waals surface area (Å²) in [5.74, 6) is -1.15. The Morgan fingerprint density at radius 2 is 2.00 bits per heavy atom. The first kappa shape index (κ1) is 15.0. The number of carboxylic acid groups (broad SMARTS) is 1. The van der Waals surface area contributed by atoms with E-state index < -0.39 is 23.1 Å². The second-order valence-corrected chi connectivity index (χ2v) is 5.18. The van der Waals surface area contributed by atoms with Gasteiger partial charge in [-0.05, 0) is 25.0 Å². The fourth-order valence-corrected chi connectivity index (χ4v) is 2.75. The van der Waals surface area contributed by atoms with Gasteiger partial charge in [0.15, 0.2) is 0 Å². The number of alkyl halides is 3. The number of halogens is 4. The molecule has 1 aliphatic rings. The number of carbonyl (C=O) groups is 1. The molecule has 0 bridgehead atoms. The van der Waals surface area contributed by atoms with Crippen LogP contribution in [0.2, 0.25) is 5.02 Å². The zero-order valence-electron chi connectivity index (χ0n) is 10.6. The summed E-state index contributed by atoms with van der Waals surface area (Å²) in [6.07, 6.45) is -3.40. The summed E-state index contributed by atoms with van der Waals surface area (Å²) in [6, 6.07) is 1.58. The third-order valence-electron chi connectivity index (χ3n) is 3.71. The summed E-state index contributed by atoms with van der Waals surface area (Å²) in [4.78, 5) is 11.5. The van der Waals surface area contributed by atoms with Crippen LogP contribution in [0.4, 0.5) is 13.2 Å². The summed E-state index contributed by atoms with van der Waals surface area (Å²) < 4.78 is 43.6. The topological polar surface area (TPSA) is 46.5 Å². The van der Waals surface area contributed by atoms with E-state index in [9.17, 15) is 23.1 Å². The van der Waals surface area contributed by atoms with Gasteiger partial charge in [-0.1, -0.05) is 18.0 Å². The van der Waals surface area contributed by atoms with Crippen molar-refractivity contribution < 1.29 is 27.8 Å². The molecular weight excluding hydrogens is 297 g/mol. The molecule has 2 rings (SSSR count). The molecular formula is C13H12ClF3O3. The lowest BCUT2D eigenvalue weighted by atomic mass is 9.64. The fourth-order valence-electron chi connectivity index (χ4n) is 2.45. The highest BCUT2D eigenvalue weighted by Crippen LogP contribution is 2.50. The van der Waals surface area contributed by atoms with Crippen molar-refractivity contribution in [3.63, 3.8) is 0 Å². The maximum Gasteiger partial charge on any atom is 0.416 e. The van der Waals surface area contributed by atoms with E-state index in [0.29, 0.717) is 6.42 Å². The van der Waals surface area contributed by atoms with Crippen molar-refractivity contribution in [1.82, 2.24) is 0 Å². The summed E-state index contributed by atoms with van der Waals surface area (Å²) in [5, 5.41) is 9.13. The largest absolute Gasteiger partial charge is 0.495 e. The monoisotopic (exact) mass is 308 g/mol. The Bertz CT molecular complexity index is 551. The number of hydrogen-bond donors (Lipinski definition) is 1. The average molecular weight is 309 g/mol. The van der Waals surface area contributed by atoms with Crippen LogP contribution >= 0.6 is 11.6 Å². The second-order valence-electron chi connectivity index (χ2n) is 4.78.